The van der Waals surface area contributed by atoms with E-state index in [-0.39, 0.29) is 31.1 Å². The molecule has 0 spiro atoms. The van der Waals surface area contributed by atoms with Crippen molar-refractivity contribution in [3.8, 4) is 17.2 Å². The molecule has 1 aromatic carbocycles. The van der Waals surface area contributed by atoms with Gasteiger partial charge in [-0.25, -0.2) is 13.5 Å². The zero-order valence-electron chi connectivity index (χ0n) is 17.6. The highest BCUT2D eigenvalue weighted by molar-refractivity contribution is 5.81. The maximum absolute atomic E-state index is 13.5. The van der Waals surface area contributed by atoms with Gasteiger partial charge in [0.1, 0.15) is 18.1 Å². The van der Waals surface area contributed by atoms with Gasteiger partial charge in [-0.05, 0) is 44.2 Å². The van der Waals surface area contributed by atoms with Gasteiger partial charge in [-0.1, -0.05) is 0 Å². The first-order valence-electron chi connectivity index (χ1n) is 10.8. The van der Waals surface area contributed by atoms with Crippen LogP contribution in [0, 0.1) is 5.92 Å². The van der Waals surface area contributed by atoms with Crippen molar-refractivity contribution in [3.05, 3.63) is 24.5 Å². The summed E-state index contributed by atoms with van der Waals surface area (Å²) >= 11 is 0. The van der Waals surface area contributed by atoms with E-state index in [9.17, 15) is 13.6 Å². The van der Waals surface area contributed by atoms with Crippen molar-refractivity contribution in [3.63, 3.8) is 0 Å². The number of anilines is 1. The third-order valence-electron chi connectivity index (χ3n) is 6.41. The molecule has 11 heteroatoms. The maximum Gasteiger partial charge on any atom is 0.263 e. The minimum absolute atomic E-state index is 0.0945. The molecular formula is C21H25F2N5O4. The molecule has 2 aromatic rings. The molecule has 1 fully saturated rings. The van der Waals surface area contributed by atoms with E-state index in [4.69, 9.17) is 14.2 Å². The lowest BCUT2D eigenvalue weighted by atomic mass is 9.85. The second-order valence-electron chi connectivity index (χ2n) is 8.35. The van der Waals surface area contributed by atoms with Crippen LogP contribution >= 0.6 is 0 Å². The first kappa shape index (κ1) is 20.8. The zero-order valence-corrected chi connectivity index (χ0v) is 17.6. The minimum Gasteiger partial charge on any atom is -0.481 e. The number of hydrogen-bond donors (Lipinski definition) is 1. The molecule has 0 unspecified atom stereocenters. The summed E-state index contributed by atoms with van der Waals surface area (Å²) in [6, 6.07) is 4.12. The van der Waals surface area contributed by atoms with Gasteiger partial charge >= 0.3 is 0 Å². The molecule has 32 heavy (non-hydrogen) atoms. The minimum atomic E-state index is -2.50. The smallest absolute Gasteiger partial charge is 0.263 e. The maximum atomic E-state index is 13.5. The third-order valence-corrected chi connectivity index (χ3v) is 6.41. The summed E-state index contributed by atoms with van der Waals surface area (Å²) < 4.78 is 44.8. The number of alkyl halides is 2. The largest absolute Gasteiger partial charge is 0.481 e. The highest BCUT2D eigenvalue weighted by atomic mass is 19.3. The van der Waals surface area contributed by atoms with Crippen LogP contribution in [0.25, 0.3) is 0 Å². The van der Waals surface area contributed by atoms with E-state index in [1.807, 2.05) is 0 Å². The number of halogens is 2. The number of ether oxygens (including phenoxy) is 3. The first-order valence-corrected chi connectivity index (χ1v) is 10.8. The highest BCUT2D eigenvalue weighted by Gasteiger charge is 2.39. The molecule has 0 bridgehead atoms. The summed E-state index contributed by atoms with van der Waals surface area (Å²) in [5.41, 5.74) is 0. The Kier molecular flexibility index (Phi) is 5.48. The van der Waals surface area contributed by atoms with Crippen LogP contribution in [0.4, 0.5) is 14.7 Å². The molecule has 5 rings (SSSR count). The fourth-order valence-corrected chi connectivity index (χ4v) is 4.68. The average Bonchev–Trinajstić information content (AvgIpc) is 3.46. The van der Waals surface area contributed by atoms with Gasteiger partial charge in [-0.15, -0.1) is 0 Å². The van der Waals surface area contributed by atoms with Gasteiger partial charge in [0.25, 0.3) is 12.3 Å². The summed E-state index contributed by atoms with van der Waals surface area (Å²) in [5, 5.41) is 7.19. The summed E-state index contributed by atoms with van der Waals surface area (Å²) in [6.45, 7) is 3.02. The second kappa shape index (κ2) is 8.44. The Bertz CT molecular complexity index is 979. The van der Waals surface area contributed by atoms with Crippen LogP contribution in [-0.2, 0) is 4.79 Å². The molecule has 0 radical (unpaired) electrons. The zero-order chi connectivity index (χ0) is 22.2. The highest BCUT2D eigenvalue weighted by Crippen LogP contribution is 2.37. The molecule has 3 aliphatic rings. The normalized spacial score (nSPS) is 23.6. The number of fused-ring (bicyclic) bond motifs is 2. The molecular weight excluding hydrogens is 424 g/mol. The van der Waals surface area contributed by atoms with Crippen LogP contribution in [-0.4, -0.2) is 64.0 Å². The molecule has 1 N–H and O–H groups in total. The summed E-state index contributed by atoms with van der Waals surface area (Å²) in [4.78, 5) is 18.8. The molecule has 9 nitrogen and oxygen atoms in total. The van der Waals surface area contributed by atoms with Crippen molar-refractivity contribution in [1.82, 2.24) is 19.7 Å². The Hall–Kier alpha value is -3.11. The number of benzene rings is 1. The van der Waals surface area contributed by atoms with Gasteiger partial charge in [-0.3, -0.25) is 4.79 Å². The number of likely N-dealkylation sites (tertiary alicyclic amines) is 1. The summed E-state index contributed by atoms with van der Waals surface area (Å²) in [7, 11) is 0. The third kappa shape index (κ3) is 3.91. The number of nitrogens with zero attached hydrogens (tertiary/aromatic N) is 4. The molecule has 3 atom stereocenters. The van der Waals surface area contributed by atoms with Crippen molar-refractivity contribution in [2.75, 3.05) is 25.2 Å². The summed E-state index contributed by atoms with van der Waals surface area (Å²) in [5.74, 6) is 2.26. The SMILES string of the molecule is C[C@@H](Oc1ccc2c(c1)OCO2)C(=O)N1CCC([C@@H]2C[C@H](C(F)F)n3ncnc3N2)CC1. The number of amides is 1. The van der Waals surface area contributed by atoms with Gasteiger partial charge in [0.05, 0.1) is 0 Å². The van der Waals surface area contributed by atoms with Crippen LogP contribution in [0.5, 0.6) is 17.2 Å². The molecule has 172 valence electrons. The summed E-state index contributed by atoms with van der Waals surface area (Å²) in [6.07, 6.45) is -0.120. The first-order chi connectivity index (χ1) is 15.5. The van der Waals surface area contributed by atoms with Gasteiger partial charge in [0.15, 0.2) is 17.6 Å². The van der Waals surface area contributed by atoms with Crippen molar-refractivity contribution in [2.45, 2.75) is 50.8 Å². The lowest BCUT2D eigenvalue weighted by molar-refractivity contribution is -0.139. The second-order valence-corrected chi connectivity index (χ2v) is 8.35. The van der Waals surface area contributed by atoms with Crippen molar-refractivity contribution < 1.29 is 27.8 Å². The molecule has 0 saturated carbocycles. The van der Waals surface area contributed by atoms with E-state index in [0.717, 1.165) is 12.8 Å². The Morgan fingerprint density at radius 2 is 2.03 bits per heavy atom. The molecule has 1 amide bonds. The molecule has 3 aliphatic heterocycles. The molecule has 1 aromatic heterocycles. The monoisotopic (exact) mass is 449 g/mol. The van der Waals surface area contributed by atoms with E-state index in [0.29, 0.717) is 36.3 Å². The van der Waals surface area contributed by atoms with E-state index < -0.39 is 18.6 Å². The van der Waals surface area contributed by atoms with Crippen molar-refractivity contribution in [2.24, 2.45) is 5.92 Å². The van der Waals surface area contributed by atoms with Crippen LogP contribution in [0.1, 0.15) is 32.2 Å². The molecule has 1 saturated heterocycles. The lowest BCUT2D eigenvalue weighted by Gasteiger charge is -2.40. The van der Waals surface area contributed by atoms with Crippen LogP contribution in [0.2, 0.25) is 0 Å². The van der Waals surface area contributed by atoms with Crippen molar-refractivity contribution in [1.29, 1.82) is 0 Å². The van der Waals surface area contributed by atoms with E-state index in [2.05, 4.69) is 15.4 Å². The number of rotatable bonds is 5. The topological polar surface area (TPSA) is 90.7 Å². The fourth-order valence-electron chi connectivity index (χ4n) is 4.68. The predicted octanol–water partition coefficient (Wildman–Crippen LogP) is 2.70. The number of hydrogen-bond acceptors (Lipinski definition) is 7. The standard InChI is InChI=1S/C21H25F2N5O4/c1-12(32-14-2-3-17-18(8-14)31-11-30-17)20(29)27-6-4-13(5-7-27)15-9-16(19(22)23)28-21(26-15)24-10-25-28/h2-3,8,10,12-13,15-16,19H,4-7,9,11H2,1H3,(H,24,25,26)/t12-,15+,16-/m1/s1. The number of nitrogens with one attached hydrogen (secondary N) is 1. The average molecular weight is 449 g/mol. The number of carbonyl (C=O) groups excluding carboxylic acids is 1. The van der Waals surface area contributed by atoms with E-state index in [1.165, 1.54) is 11.0 Å². The van der Waals surface area contributed by atoms with Crippen LogP contribution in [0.3, 0.4) is 0 Å². The molecule has 4 heterocycles. The quantitative estimate of drug-likeness (QED) is 0.751. The van der Waals surface area contributed by atoms with E-state index in [1.54, 1.807) is 30.0 Å². The van der Waals surface area contributed by atoms with Gasteiger partial charge in [0.2, 0.25) is 12.7 Å². The van der Waals surface area contributed by atoms with Crippen LogP contribution < -0.4 is 19.5 Å². The van der Waals surface area contributed by atoms with E-state index >= 15 is 0 Å². The predicted molar refractivity (Wildman–Crippen MR) is 109 cm³/mol. The lowest BCUT2D eigenvalue weighted by Crippen LogP contribution is -2.48. The van der Waals surface area contributed by atoms with Crippen molar-refractivity contribution >= 4 is 11.9 Å². The Labute approximate surface area is 183 Å². The van der Waals surface area contributed by atoms with Crippen LogP contribution in [0.15, 0.2) is 24.5 Å². The fraction of sp³-hybridized carbons (Fsp3) is 0.571. The van der Waals surface area contributed by atoms with Gasteiger partial charge < -0.3 is 24.4 Å². The van der Waals surface area contributed by atoms with Gasteiger partial charge in [0, 0.05) is 25.2 Å². The Morgan fingerprint density at radius 1 is 1.25 bits per heavy atom. The molecule has 0 aliphatic carbocycles. The number of piperidine rings is 1. The van der Waals surface area contributed by atoms with Gasteiger partial charge in [-0.2, -0.15) is 10.1 Å². The Balaban J connectivity index is 1.16. The Morgan fingerprint density at radius 3 is 2.81 bits per heavy atom. The number of aromatic nitrogens is 3. The number of carbonyl (C=O) groups is 1.